The van der Waals surface area contributed by atoms with Crippen LogP contribution in [0.25, 0.3) is 0 Å². The first-order valence-electron chi connectivity index (χ1n) is 6.65. The summed E-state index contributed by atoms with van der Waals surface area (Å²) in [6.07, 6.45) is 5.87. The molecule has 2 bridgehead atoms. The Morgan fingerprint density at radius 1 is 1.47 bits per heavy atom. The molecule has 0 radical (unpaired) electrons. The zero-order valence-corrected chi connectivity index (χ0v) is 11.0. The van der Waals surface area contributed by atoms with Gasteiger partial charge in [0.05, 0.1) is 12.7 Å². The van der Waals surface area contributed by atoms with Crippen molar-refractivity contribution < 1.29 is 4.52 Å². The predicted octanol–water partition coefficient (Wildman–Crippen LogP) is 2.98. The van der Waals surface area contributed by atoms with Gasteiger partial charge in [0.15, 0.2) is 0 Å². The Balaban J connectivity index is 1.74. The molecule has 2 aliphatic carbocycles. The van der Waals surface area contributed by atoms with Crippen molar-refractivity contribution >= 4 is 0 Å². The van der Waals surface area contributed by atoms with Gasteiger partial charge in [0.2, 0.25) is 0 Å². The summed E-state index contributed by atoms with van der Waals surface area (Å²) in [7, 11) is 0. The van der Waals surface area contributed by atoms with Gasteiger partial charge in [-0.15, -0.1) is 0 Å². The van der Waals surface area contributed by atoms with Gasteiger partial charge in [0.25, 0.3) is 0 Å². The monoisotopic (exact) mass is 234 g/mol. The Hall–Kier alpha value is -0.830. The van der Waals surface area contributed by atoms with E-state index in [2.05, 4.69) is 31.2 Å². The molecule has 1 heterocycles. The molecule has 1 N–H and O–H groups in total. The van der Waals surface area contributed by atoms with Crippen LogP contribution in [0.1, 0.15) is 45.8 Å². The first-order valence-corrected chi connectivity index (χ1v) is 6.65. The highest BCUT2D eigenvalue weighted by molar-refractivity contribution is 5.12. The lowest BCUT2D eigenvalue weighted by Gasteiger charge is -2.43. The third-order valence-corrected chi connectivity index (χ3v) is 5.24. The summed E-state index contributed by atoms with van der Waals surface area (Å²) >= 11 is 0. The summed E-state index contributed by atoms with van der Waals surface area (Å²) in [5.41, 5.74) is 0.890. The molecule has 3 rings (SSSR count). The summed E-state index contributed by atoms with van der Waals surface area (Å²) in [5.74, 6) is 1.83. The topological polar surface area (TPSA) is 38.1 Å². The van der Waals surface area contributed by atoms with E-state index in [1.165, 1.54) is 19.3 Å². The molecular weight excluding hydrogens is 212 g/mol. The van der Waals surface area contributed by atoms with Crippen LogP contribution in [-0.4, -0.2) is 11.2 Å². The summed E-state index contributed by atoms with van der Waals surface area (Å²) in [5, 5.41) is 7.47. The van der Waals surface area contributed by atoms with Crippen molar-refractivity contribution in [2.75, 3.05) is 0 Å². The maximum absolute atomic E-state index is 5.16. The first-order chi connectivity index (χ1) is 8.02. The Morgan fingerprint density at radius 2 is 2.29 bits per heavy atom. The molecule has 2 fully saturated rings. The molecule has 3 atom stereocenters. The van der Waals surface area contributed by atoms with Crippen LogP contribution in [0.15, 0.2) is 16.8 Å². The maximum Gasteiger partial charge on any atom is 0.150 e. The number of aromatic nitrogens is 1. The van der Waals surface area contributed by atoms with E-state index in [1.807, 2.05) is 6.07 Å². The van der Waals surface area contributed by atoms with Crippen LogP contribution in [0.2, 0.25) is 0 Å². The van der Waals surface area contributed by atoms with Crippen LogP contribution in [0, 0.1) is 16.7 Å². The fourth-order valence-electron chi connectivity index (χ4n) is 4.35. The molecule has 3 nitrogen and oxygen atoms in total. The van der Waals surface area contributed by atoms with Gasteiger partial charge in [-0.2, -0.15) is 0 Å². The SMILES string of the molecule is CC1(C)C(NCc2ccno2)[C@]2(C)CC[C@H]1C2. The zero-order valence-electron chi connectivity index (χ0n) is 11.0. The lowest BCUT2D eigenvalue weighted by atomic mass is 9.68. The van der Waals surface area contributed by atoms with Crippen LogP contribution in [-0.2, 0) is 6.54 Å². The van der Waals surface area contributed by atoms with Crippen molar-refractivity contribution in [2.45, 2.75) is 52.6 Å². The van der Waals surface area contributed by atoms with Crippen LogP contribution >= 0.6 is 0 Å². The molecule has 0 spiro atoms. The number of rotatable bonds is 3. The summed E-state index contributed by atoms with van der Waals surface area (Å²) in [6, 6.07) is 2.54. The van der Waals surface area contributed by atoms with Gasteiger partial charge in [-0.05, 0) is 36.0 Å². The van der Waals surface area contributed by atoms with E-state index >= 15 is 0 Å². The molecule has 3 heteroatoms. The third kappa shape index (κ3) is 1.63. The van der Waals surface area contributed by atoms with E-state index in [4.69, 9.17) is 4.52 Å². The zero-order chi connectivity index (χ0) is 12.1. The number of hydrogen-bond donors (Lipinski definition) is 1. The normalized spacial score (nSPS) is 38.8. The third-order valence-electron chi connectivity index (χ3n) is 5.24. The number of hydrogen-bond acceptors (Lipinski definition) is 3. The number of nitrogens with zero attached hydrogens (tertiary/aromatic N) is 1. The molecule has 1 unspecified atom stereocenters. The van der Waals surface area contributed by atoms with E-state index < -0.39 is 0 Å². The molecule has 17 heavy (non-hydrogen) atoms. The number of nitrogens with one attached hydrogen (secondary N) is 1. The van der Waals surface area contributed by atoms with Crippen molar-refractivity contribution in [3.8, 4) is 0 Å². The van der Waals surface area contributed by atoms with Crippen LogP contribution in [0.4, 0.5) is 0 Å². The Labute approximate surface area is 103 Å². The van der Waals surface area contributed by atoms with Crippen molar-refractivity contribution in [1.82, 2.24) is 10.5 Å². The number of fused-ring (bicyclic) bond motifs is 2. The highest BCUT2D eigenvalue weighted by Crippen LogP contribution is 2.62. The standard InChI is InChI=1S/C14H22N2O/c1-13(2)10-4-6-14(3,8-10)12(13)15-9-11-5-7-16-17-11/h5,7,10,12,15H,4,6,8-9H2,1-3H3/t10-,12?,14+/m0/s1. The van der Waals surface area contributed by atoms with Gasteiger partial charge < -0.3 is 9.84 Å². The van der Waals surface area contributed by atoms with E-state index in [-0.39, 0.29) is 0 Å². The Bertz CT molecular complexity index is 394. The van der Waals surface area contributed by atoms with E-state index in [1.54, 1.807) is 6.20 Å². The van der Waals surface area contributed by atoms with Crippen molar-refractivity contribution in [2.24, 2.45) is 16.7 Å². The van der Waals surface area contributed by atoms with Gasteiger partial charge in [-0.1, -0.05) is 25.9 Å². The van der Waals surface area contributed by atoms with Crippen molar-refractivity contribution in [3.05, 3.63) is 18.0 Å². The molecule has 2 saturated carbocycles. The highest BCUT2D eigenvalue weighted by atomic mass is 16.5. The minimum atomic E-state index is 0.410. The maximum atomic E-state index is 5.16. The van der Waals surface area contributed by atoms with E-state index in [9.17, 15) is 0 Å². The summed E-state index contributed by atoms with van der Waals surface area (Å²) < 4.78 is 5.16. The predicted molar refractivity (Wildman–Crippen MR) is 66.4 cm³/mol. The molecule has 94 valence electrons. The van der Waals surface area contributed by atoms with E-state index in [0.29, 0.717) is 16.9 Å². The van der Waals surface area contributed by atoms with Gasteiger partial charge in [-0.25, -0.2) is 0 Å². The largest absolute Gasteiger partial charge is 0.360 e. The molecular formula is C14H22N2O. The second-order valence-electron chi connectivity index (χ2n) is 6.71. The Kier molecular flexibility index (Phi) is 2.37. The minimum absolute atomic E-state index is 0.410. The lowest BCUT2D eigenvalue weighted by molar-refractivity contribution is 0.105. The van der Waals surface area contributed by atoms with Gasteiger partial charge >= 0.3 is 0 Å². The van der Waals surface area contributed by atoms with Gasteiger partial charge in [0.1, 0.15) is 5.76 Å². The second-order valence-corrected chi connectivity index (χ2v) is 6.71. The van der Waals surface area contributed by atoms with Crippen LogP contribution < -0.4 is 5.32 Å². The summed E-state index contributed by atoms with van der Waals surface area (Å²) in [4.78, 5) is 0. The molecule has 0 aromatic carbocycles. The lowest BCUT2D eigenvalue weighted by Crippen LogP contribution is -2.49. The average molecular weight is 234 g/mol. The van der Waals surface area contributed by atoms with Gasteiger partial charge in [-0.3, -0.25) is 0 Å². The molecule has 0 amide bonds. The Morgan fingerprint density at radius 3 is 2.88 bits per heavy atom. The van der Waals surface area contributed by atoms with E-state index in [0.717, 1.165) is 18.2 Å². The van der Waals surface area contributed by atoms with Crippen molar-refractivity contribution in [3.63, 3.8) is 0 Å². The minimum Gasteiger partial charge on any atom is -0.360 e. The van der Waals surface area contributed by atoms with Gasteiger partial charge in [0, 0.05) is 12.1 Å². The smallest absolute Gasteiger partial charge is 0.150 e. The fourth-order valence-corrected chi connectivity index (χ4v) is 4.35. The average Bonchev–Trinajstić information content (AvgIpc) is 2.90. The fraction of sp³-hybridized carbons (Fsp3) is 0.786. The molecule has 0 saturated heterocycles. The van der Waals surface area contributed by atoms with Crippen molar-refractivity contribution in [1.29, 1.82) is 0 Å². The molecule has 1 aromatic rings. The van der Waals surface area contributed by atoms with Crippen LogP contribution in [0.5, 0.6) is 0 Å². The molecule has 1 aromatic heterocycles. The quantitative estimate of drug-likeness (QED) is 0.873. The first kappa shape index (κ1) is 11.3. The highest BCUT2D eigenvalue weighted by Gasteiger charge is 2.58. The second kappa shape index (κ2) is 3.58. The summed E-state index contributed by atoms with van der Waals surface area (Å²) in [6.45, 7) is 8.08. The molecule has 0 aliphatic heterocycles. The molecule has 2 aliphatic rings. The van der Waals surface area contributed by atoms with Crippen LogP contribution in [0.3, 0.4) is 0 Å².